The lowest BCUT2D eigenvalue weighted by Crippen LogP contribution is -2.25. The van der Waals surface area contributed by atoms with Crippen molar-refractivity contribution < 1.29 is 17.7 Å². The molecule has 0 saturated carbocycles. The fourth-order valence-electron chi connectivity index (χ4n) is 0.273. The van der Waals surface area contributed by atoms with Crippen LogP contribution in [0.4, 0.5) is 0 Å². The molecule has 7 heteroatoms. The third-order valence-corrected chi connectivity index (χ3v) is 1.16. The van der Waals surface area contributed by atoms with Crippen LogP contribution in [0, 0.1) is 0 Å². The van der Waals surface area contributed by atoms with Gasteiger partial charge in [-0.1, -0.05) is 0 Å². The molecular weight excluding hydrogens is 182 g/mol. The second kappa shape index (κ2) is 5.87. The third kappa shape index (κ3) is 11.0. The molecule has 0 aromatic rings. The van der Waals surface area contributed by atoms with E-state index in [0.717, 1.165) is 0 Å². The van der Waals surface area contributed by atoms with Crippen molar-refractivity contribution in [2.75, 3.05) is 20.3 Å². The minimum Gasteiger partial charge on any atom is -0.383 e. The molecule has 0 unspecified atom stereocenters. The smallest absolute Gasteiger partial charge is 0.333 e. The molecule has 0 atom stereocenters. The Balaban J connectivity index is 0. The van der Waals surface area contributed by atoms with Crippen molar-refractivity contribution in [2.45, 2.75) is 0 Å². The Bertz CT molecular complexity index is 156. The summed E-state index contributed by atoms with van der Waals surface area (Å²) in [5.41, 5.74) is 0. The van der Waals surface area contributed by atoms with E-state index < -0.39 is 10.3 Å². The average molecular weight is 192 g/mol. The topological polar surface area (TPSA) is 75.6 Å². The SMILES string of the molecule is COCCNS(=O)(=O)O.Cl. The van der Waals surface area contributed by atoms with Gasteiger partial charge in [-0.25, -0.2) is 0 Å². The Labute approximate surface area is 66.0 Å². The van der Waals surface area contributed by atoms with Crippen LogP contribution in [0.2, 0.25) is 0 Å². The van der Waals surface area contributed by atoms with Crippen LogP contribution in [-0.4, -0.2) is 33.2 Å². The summed E-state index contributed by atoms with van der Waals surface area (Å²) in [6.07, 6.45) is 0. The fourth-order valence-corrected chi connectivity index (χ4v) is 0.614. The van der Waals surface area contributed by atoms with E-state index >= 15 is 0 Å². The van der Waals surface area contributed by atoms with Gasteiger partial charge >= 0.3 is 10.3 Å². The number of ether oxygens (including phenoxy) is 1. The minimum atomic E-state index is -4.03. The second-order valence-corrected chi connectivity index (χ2v) is 2.60. The van der Waals surface area contributed by atoms with Gasteiger partial charge in [0.1, 0.15) is 0 Å². The zero-order valence-electron chi connectivity index (χ0n) is 5.40. The molecule has 0 aliphatic rings. The average Bonchev–Trinajstić information content (AvgIpc) is 1.63. The van der Waals surface area contributed by atoms with Crippen LogP contribution in [-0.2, 0) is 15.0 Å². The third-order valence-electron chi connectivity index (χ3n) is 0.591. The summed E-state index contributed by atoms with van der Waals surface area (Å²) in [5.74, 6) is 0. The van der Waals surface area contributed by atoms with E-state index in [0.29, 0.717) is 0 Å². The lowest BCUT2D eigenvalue weighted by Gasteiger charge is -1.97. The predicted molar refractivity (Wildman–Crippen MR) is 38.7 cm³/mol. The Morgan fingerprint density at radius 3 is 2.40 bits per heavy atom. The summed E-state index contributed by atoms with van der Waals surface area (Å²) < 4.78 is 34.2. The summed E-state index contributed by atoms with van der Waals surface area (Å²) in [6, 6.07) is 0. The summed E-state index contributed by atoms with van der Waals surface area (Å²) in [5, 5.41) is 0. The largest absolute Gasteiger partial charge is 0.383 e. The molecule has 0 aliphatic heterocycles. The summed E-state index contributed by atoms with van der Waals surface area (Å²) in [6.45, 7) is 0.342. The first-order valence-corrected chi connectivity index (χ1v) is 3.71. The van der Waals surface area contributed by atoms with E-state index in [9.17, 15) is 8.42 Å². The molecule has 0 amide bonds. The lowest BCUT2D eigenvalue weighted by atomic mass is 10.7. The number of nitrogens with one attached hydrogen (secondary N) is 1. The van der Waals surface area contributed by atoms with Gasteiger partial charge in [0.15, 0.2) is 0 Å². The van der Waals surface area contributed by atoms with Crippen LogP contribution in [0.15, 0.2) is 0 Å². The highest BCUT2D eigenvalue weighted by Gasteiger charge is 1.98. The maximum absolute atomic E-state index is 9.89. The van der Waals surface area contributed by atoms with Crippen LogP contribution in [0.25, 0.3) is 0 Å². The minimum absolute atomic E-state index is 0. The van der Waals surface area contributed by atoms with E-state index in [1.54, 1.807) is 0 Å². The van der Waals surface area contributed by atoms with Crippen LogP contribution < -0.4 is 4.72 Å². The quantitative estimate of drug-likeness (QED) is 0.462. The number of hydrogen-bond donors (Lipinski definition) is 2. The summed E-state index contributed by atoms with van der Waals surface area (Å²) in [7, 11) is -2.59. The van der Waals surface area contributed by atoms with Crippen molar-refractivity contribution in [1.29, 1.82) is 0 Å². The van der Waals surface area contributed by atoms with Gasteiger partial charge in [0, 0.05) is 13.7 Å². The summed E-state index contributed by atoms with van der Waals surface area (Å²) in [4.78, 5) is 0. The first-order valence-electron chi connectivity index (χ1n) is 2.27. The first-order chi connectivity index (χ1) is 4.06. The monoisotopic (exact) mass is 191 g/mol. The molecule has 10 heavy (non-hydrogen) atoms. The standard InChI is InChI=1S/C3H9NO4S.ClH/c1-8-3-2-4-9(5,6)7;/h4H,2-3H2,1H3,(H,5,6,7);1H. The fraction of sp³-hybridized carbons (Fsp3) is 1.00. The molecular formula is C3H10ClNO4S. The Kier molecular flexibility index (Phi) is 7.50. The van der Waals surface area contributed by atoms with Gasteiger partial charge in [0.25, 0.3) is 0 Å². The lowest BCUT2D eigenvalue weighted by molar-refractivity contribution is 0.203. The second-order valence-electron chi connectivity index (χ2n) is 1.36. The van der Waals surface area contributed by atoms with Crippen molar-refractivity contribution in [3.8, 4) is 0 Å². The van der Waals surface area contributed by atoms with E-state index in [2.05, 4.69) is 4.74 Å². The van der Waals surface area contributed by atoms with Gasteiger partial charge in [-0.3, -0.25) is 4.55 Å². The molecule has 0 radical (unpaired) electrons. The van der Waals surface area contributed by atoms with Gasteiger partial charge in [0.2, 0.25) is 0 Å². The van der Waals surface area contributed by atoms with E-state index in [1.165, 1.54) is 7.11 Å². The molecule has 0 bridgehead atoms. The highest BCUT2D eigenvalue weighted by molar-refractivity contribution is 7.83. The van der Waals surface area contributed by atoms with Crippen molar-refractivity contribution in [3.63, 3.8) is 0 Å². The molecule has 2 N–H and O–H groups in total. The molecule has 0 aromatic carbocycles. The van der Waals surface area contributed by atoms with Crippen LogP contribution in [0.5, 0.6) is 0 Å². The predicted octanol–water partition coefficient (Wildman–Crippen LogP) is -0.553. The van der Waals surface area contributed by atoms with E-state index in [4.69, 9.17) is 4.55 Å². The van der Waals surface area contributed by atoms with E-state index in [-0.39, 0.29) is 25.6 Å². The van der Waals surface area contributed by atoms with Gasteiger partial charge in [-0.2, -0.15) is 13.1 Å². The van der Waals surface area contributed by atoms with Gasteiger partial charge in [-0.15, -0.1) is 12.4 Å². The molecule has 0 fully saturated rings. The van der Waals surface area contributed by atoms with Crippen LogP contribution >= 0.6 is 12.4 Å². The molecule has 64 valence electrons. The molecule has 5 nitrogen and oxygen atoms in total. The maximum Gasteiger partial charge on any atom is 0.333 e. The number of hydrogen-bond acceptors (Lipinski definition) is 3. The van der Waals surface area contributed by atoms with Crippen molar-refractivity contribution in [2.24, 2.45) is 0 Å². The number of halogens is 1. The highest BCUT2D eigenvalue weighted by atomic mass is 35.5. The molecule has 0 saturated heterocycles. The zero-order chi connectivity index (χ0) is 7.33. The first kappa shape index (κ1) is 12.8. The Hall–Kier alpha value is 0.120. The maximum atomic E-state index is 9.89. The van der Waals surface area contributed by atoms with Crippen molar-refractivity contribution in [3.05, 3.63) is 0 Å². The molecule has 0 aromatic heterocycles. The number of rotatable bonds is 4. The Morgan fingerprint density at radius 2 is 2.10 bits per heavy atom. The van der Waals surface area contributed by atoms with Crippen molar-refractivity contribution in [1.82, 2.24) is 4.72 Å². The van der Waals surface area contributed by atoms with E-state index in [1.807, 2.05) is 4.72 Å². The number of methoxy groups -OCH3 is 1. The molecule has 0 rings (SSSR count). The van der Waals surface area contributed by atoms with Gasteiger partial charge in [0.05, 0.1) is 6.61 Å². The summed E-state index contributed by atoms with van der Waals surface area (Å²) >= 11 is 0. The van der Waals surface area contributed by atoms with Crippen molar-refractivity contribution >= 4 is 22.7 Å². The van der Waals surface area contributed by atoms with Crippen LogP contribution in [0.3, 0.4) is 0 Å². The van der Waals surface area contributed by atoms with Gasteiger partial charge < -0.3 is 4.74 Å². The zero-order valence-corrected chi connectivity index (χ0v) is 7.04. The van der Waals surface area contributed by atoms with Crippen LogP contribution in [0.1, 0.15) is 0 Å². The van der Waals surface area contributed by atoms with Gasteiger partial charge in [-0.05, 0) is 0 Å². The molecule has 0 spiro atoms. The molecule has 0 aliphatic carbocycles. The molecule has 0 heterocycles. The highest BCUT2D eigenvalue weighted by Crippen LogP contribution is 1.71. The Morgan fingerprint density at radius 1 is 1.60 bits per heavy atom. The normalized spacial score (nSPS) is 10.6.